The van der Waals surface area contributed by atoms with E-state index in [1.54, 1.807) is 36.1 Å². The van der Waals surface area contributed by atoms with Gasteiger partial charge in [0.05, 0.1) is 11.1 Å². The fourth-order valence-corrected chi connectivity index (χ4v) is 5.23. The van der Waals surface area contributed by atoms with Crippen LogP contribution in [0, 0.1) is 0 Å². The van der Waals surface area contributed by atoms with E-state index in [1.165, 1.54) is 10.5 Å². The van der Waals surface area contributed by atoms with Crippen molar-refractivity contribution in [3.63, 3.8) is 0 Å². The van der Waals surface area contributed by atoms with E-state index in [0.717, 1.165) is 0 Å². The molecule has 0 unspecified atom stereocenters. The van der Waals surface area contributed by atoms with Gasteiger partial charge in [0.1, 0.15) is 0 Å². The first kappa shape index (κ1) is 18.0. The summed E-state index contributed by atoms with van der Waals surface area (Å²) in [6, 6.07) is 6.00. The van der Waals surface area contributed by atoms with Crippen LogP contribution in [-0.2, 0) is 10.0 Å². The summed E-state index contributed by atoms with van der Waals surface area (Å²) in [4.78, 5) is 14.4. The lowest BCUT2D eigenvalue weighted by atomic mass is 10.1. The van der Waals surface area contributed by atoms with Crippen molar-refractivity contribution in [1.29, 1.82) is 0 Å². The van der Waals surface area contributed by atoms with Gasteiger partial charge in [-0.2, -0.15) is 19.7 Å². The minimum atomic E-state index is -3.64. The quantitative estimate of drug-likeness (QED) is 0.799. The molecule has 1 N–H and O–H groups in total. The monoisotopic (exact) mass is 427 g/mol. The number of piperazine rings is 1. The van der Waals surface area contributed by atoms with E-state index in [1.807, 2.05) is 6.92 Å². The summed E-state index contributed by atoms with van der Waals surface area (Å²) in [5.74, 6) is -0.257. The molecular weight excluding hydrogens is 410 g/mol. The molecule has 0 aliphatic carbocycles. The Kier molecular flexibility index (Phi) is 4.94. The fourth-order valence-electron chi connectivity index (χ4n) is 2.93. The Balaban J connectivity index is 1.84. The van der Waals surface area contributed by atoms with Crippen LogP contribution in [-0.4, -0.2) is 64.1 Å². The Hall–Kier alpha value is -1.78. The number of amides is 1. The van der Waals surface area contributed by atoms with Crippen molar-refractivity contribution in [3.05, 3.63) is 40.6 Å². The second kappa shape index (κ2) is 6.85. The van der Waals surface area contributed by atoms with Crippen molar-refractivity contribution in [2.45, 2.75) is 30.8 Å². The molecule has 1 aliphatic rings. The van der Waals surface area contributed by atoms with Crippen molar-refractivity contribution >= 4 is 31.9 Å². The number of sulfonamides is 1. The predicted octanol–water partition coefficient (Wildman–Crippen LogP) is 1.49. The Morgan fingerprint density at radius 1 is 1.28 bits per heavy atom. The highest BCUT2D eigenvalue weighted by Gasteiger charge is 2.39. The molecule has 1 aromatic carbocycles. The van der Waals surface area contributed by atoms with Gasteiger partial charge in [0.25, 0.3) is 5.91 Å². The molecule has 1 aliphatic heterocycles. The number of aromatic amines is 1. The van der Waals surface area contributed by atoms with Gasteiger partial charge in [-0.25, -0.2) is 8.42 Å². The van der Waals surface area contributed by atoms with Crippen molar-refractivity contribution < 1.29 is 13.2 Å². The summed E-state index contributed by atoms with van der Waals surface area (Å²) in [5, 5.41) is 9.88. The molecule has 10 heteroatoms. The molecule has 3 rings (SSSR count). The number of aromatic nitrogens is 3. The van der Waals surface area contributed by atoms with Gasteiger partial charge < -0.3 is 4.90 Å². The Morgan fingerprint density at radius 3 is 2.68 bits per heavy atom. The third-order valence-electron chi connectivity index (χ3n) is 4.23. The second-order valence-electron chi connectivity index (χ2n) is 6.04. The first-order chi connectivity index (χ1) is 11.8. The number of halogens is 1. The maximum atomic E-state index is 13.0. The number of carbonyl (C=O) groups excluding carboxylic acids is 1. The van der Waals surface area contributed by atoms with Crippen LogP contribution in [0.3, 0.4) is 0 Å². The third kappa shape index (κ3) is 3.46. The van der Waals surface area contributed by atoms with Crippen LogP contribution in [0.1, 0.15) is 24.3 Å². The summed E-state index contributed by atoms with van der Waals surface area (Å²) in [6.45, 7) is 4.14. The molecule has 1 amide bonds. The largest absolute Gasteiger partial charge is 0.332 e. The zero-order valence-electron chi connectivity index (χ0n) is 13.8. The van der Waals surface area contributed by atoms with Gasteiger partial charge >= 0.3 is 0 Å². The number of carbonyl (C=O) groups is 1. The van der Waals surface area contributed by atoms with Crippen LogP contribution in [0.2, 0.25) is 0 Å². The molecule has 0 spiro atoms. The molecule has 1 fully saturated rings. The van der Waals surface area contributed by atoms with E-state index in [4.69, 9.17) is 0 Å². The van der Waals surface area contributed by atoms with Crippen molar-refractivity contribution in [2.24, 2.45) is 0 Å². The smallest absolute Gasteiger partial charge is 0.276 e. The lowest BCUT2D eigenvalue weighted by Gasteiger charge is -2.42. The summed E-state index contributed by atoms with van der Waals surface area (Å²) in [7, 11) is -3.64. The van der Waals surface area contributed by atoms with E-state index in [2.05, 4.69) is 31.3 Å². The average Bonchev–Trinajstić information content (AvgIpc) is 3.10. The number of benzene rings is 1. The standard InChI is InChI=1S/C15H18BrN5O3S/c1-10-9-21(25(23,24)13-5-3-4-12(16)6-13)11(2)8-20(10)15(22)14-7-17-19-18-14/h3-7,10-11H,8-9H2,1-2H3,(H,17,18,19)/t10-,11+/m0/s1. The topological polar surface area (TPSA) is 99.3 Å². The van der Waals surface area contributed by atoms with Gasteiger partial charge in [0, 0.05) is 29.6 Å². The second-order valence-corrected chi connectivity index (χ2v) is 8.85. The maximum absolute atomic E-state index is 13.0. The number of H-pyrrole nitrogens is 1. The number of nitrogens with one attached hydrogen (secondary N) is 1. The molecular formula is C15H18BrN5O3S. The fraction of sp³-hybridized carbons (Fsp3) is 0.400. The Bertz CT molecular complexity index is 871. The predicted molar refractivity (Wildman–Crippen MR) is 94.4 cm³/mol. The SMILES string of the molecule is C[C@@H]1CN(C(=O)c2cn[nH]n2)[C@@H](C)CN1S(=O)(=O)c1cccc(Br)c1. The lowest BCUT2D eigenvalue weighted by Crippen LogP contribution is -2.59. The van der Waals surface area contributed by atoms with E-state index < -0.39 is 10.0 Å². The number of nitrogens with zero attached hydrogens (tertiary/aromatic N) is 4. The summed E-state index contributed by atoms with van der Waals surface area (Å²) >= 11 is 3.30. The van der Waals surface area contributed by atoms with Crippen molar-refractivity contribution in [2.75, 3.05) is 13.1 Å². The molecule has 8 nitrogen and oxygen atoms in total. The van der Waals surface area contributed by atoms with E-state index >= 15 is 0 Å². The zero-order valence-corrected chi connectivity index (χ0v) is 16.2. The Labute approximate surface area is 154 Å². The number of hydrogen-bond donors (Lipinski definition) is 1. The summed E-state index contributed by atoms with van der Waals surface area (Å²) < 4.78 is 28.1. The van der Waals surface area contributed by atoms with Gasteiger partial charge in [0.2, 0.25) is 10.0 Å². The van der Waals surface area contributed by atoms with Crippen molar-refractivity contribution in [3.8, 4) is 0 Å². The van der Waals surface area contributed by atoms with Crippen LogP contribution in [0.25, 0.3) is 0 Å². The van der Waals surface area contributed by atoms with E-state index in [9.17, 15) is 13.2 Å². The van der Waals surface area contributed by atoms with Gasteiger partial charge in [-0.05, 0) is 32.0 Å². The third-order valence-corrected chi connectivity index (χ3v) is 6.70. The molecule has 0 radical (unpaired) electrons. The van der Waals surface area contributed by atoms with Crippen LogP contribution in [0.15, 0.2) is 39.8 Å². The van der Waals surface area contributed by atoms with Crippen LogP contribution in [0.4, 0.5) is 0 Å². The first-order valence-electron chi connectivity index (χ1n) is 7.75. The highest BCUT2D eigenvalue weighted by Crippen LogP contribution is 2.26. The maximum Gasteiger partial charge on any atom is 0.276 e. The lowest BCUT2D eigenvalue weighted by molar-refractivity contribution is 0.0501. The first-order valence-corrected chi connectivity index (χ1v) is 9.98. The molecule has 0 bridgehead atoms. The molecule has 2 aromatic rings. The van der Waals surface area contributed by atoms with Crippen LogP contribution in [0.5, 0.6) is 0 Å². The highest BCUT2D eigenvalue weighted by molar-refractivity contribution is 9.10. The number of rotatable bonds is 3. The van der Waals surface area contributed by atoms with Gasteiger partial charge in [-0.1, -0.05) is 22.0 Å². The van der Waals surface area contributed by atoms with Crippen LogP contribution >= 0.6 is 15.9 Å². The normalized spacial score (nSPS) is 22.1. The van der Waals surface area contributed by atoms with E-state index in [-0.39, 0.29) is 35.1 Å². The molecule has 2 heterocycles. The molecule has 1 saturated heterocycles. The summed E-state index contributed by atoms with van der Waals surface area (Å²) in [6.07, 6.45) is 1.37. The van der Waals surface area contributed by atoms with E-state index in [0.29, 0.717) is 11.0 Å². The Morgan fingerprint density at radius 2 is 2.04 bits per heavy atom. The molecule has 2 atom stereocenters. The molecule has 0 saturated carbocycles. The average molecular weight is 428 g/mol. The van der Waals surface area contributed by atoms with Crippen molar-refractivity contribution in [1.82, 2.24) is 24.6 Å². The highest BCUT2D eigenvalue weighted by atomic mass is 79.9. The summed E-state index contributed by atoms with van der Waals surface area (Å²) in [5.41, 5.74) is 0.224. The van der Waals surface area contributed by atoms with Crippen LogP contribution < -0.4 is 0 Å². The molecule has 1 aromatic heterocycles. The zero-order chi connectivity index (χ0) is 18.2. The molecule has 25 heavy (non-hydrogen) atoms. The van der Waals surface area contributed by atoms with Gasteiger partial charge in [-0.3, -0.25) is 4.79 Å². The van der Waals surface area contributed by atoms with Gasteiger partial charge in [0.15, 0.2) is 5.69 Å². The minimum absolute atomic E-state index is 0.222. The van der Waals surface area contributed by atoms with Gasteiger partial charge in [-0.15, -0.1) is 0 Å². The molecule has 134 valence electrons. The minimum Gasteiger partial charge on any atom is -0.332 e. The number of hydrogen-bond acceptors (Lipinski definition) is 5.